The van der Waals surface area contributed by atoms with E-state index >= 15 is 0 Å². The van der Waals surface area contributed by atoms with Gasteiger partial charge >= 0.3 is 0 Å². The highest BCUT2D eigenvalue weighted by atomic mass is 32.2. The smallest absolute Gasteiger partial charge is 0.244 e. The van der Waals surface area contributed by atoms with E-state index in [-0.39, 0.29) is 24.1 Å². The number of rotatable bonds is 3. The quantitative estimate of drug-likeness (QED) is 0.503. The van der Waals surface area contributed by atoms with Crippen LogP contribution >= 0.6 is 11.8 Å². The van der Waals surface area contributed by atoms with E-state index in [0.717, 1.165) is 21.6 Å². The number of amides is 2. The Bertz CT molecular complexity index is 1420. The van der Waals surface area contributed by atoms with Crippen LogP contribution in [0.15, 0.2) is 59.6 Å². The van der Waals surface area contributed by atoms with Gasteiger partial charge in [-0.1, -0.05) is 36.0 Å². The second-order valence-corrected chi connectivity index (χ2v) is 8.24. The van der Waals surface area contributed by atoms with Gasteiger partial charge in [-0.2, -0.15) is 5.26 Å². The molecule has 8 heteroatoms. The Morgan fingerprint density at radius 1 is 1.23 bits per heavy atom. The average Bonchev–Trinajstić information content (AvgIpc) is 3.16. The van der Waals surface area contributed by atoms with Gasteiger partial charge in [0.25, 0.3) is 0 Å². The van der Waals surface area contributed by atoms with Crippen LogP contribution in [0.4, 0.5) is 11.4 Å². The zero-order valence-corrected chi connectivity index (χ0v) is 17.4. The molecule has 1 aliphatic heterocycles. The Kier molecular flexibility index (Phi) is 4.60. The molecule has 0 saturated heterocycles. The molecule has 7 nitrogen and oxygen atoms in total. The number of imidazole rings is 1. The van der Waals surface area contributed by atoms with Crippen molar-refractivity contribution in [3.8, 4) is 6.07 Å². The molecular formula is C23H17N5O2S. The molecule has 31 heavy (non-hydrogen) atoms. The maximum absolute atomic E-state index is 13.1. The van der Waals surface area contributed by atoms with Crippen LogP contribution in [0.1, 0.15) is 11.1 Å². The molecule has 0 radical (unpaired) electrons. The molecule has 2 aromatic carbocycles. The number of fused-ring (bicyclic) bond motifs is 4. The number of benzene rings is 2. The minimum absolute atomic E-state index is 0.00772. The summed E-state index contributed by atoms with van der Waals surface area (Å²) in [4.78, 5) is 31.3. The molecule has 0 unspecified atom stereocenters. The molecule has 0 bridgehead atoms. The highest BCUT2D eigenvalue weighted by molar-refractivity contribution is 7.99. The van der Waals surface area contributed by atoms with E-state index in [0.29, 0.717) is 22.6 Å². The third kappa shape index (κ3) is 3.20. The van der Waals surface area contributed by atoms with Crippen molar-refractivity contribution in [3.05, 3.63) is 65.7 Å². The van der Waals surface area contributed by atoms with Crippen molar-refractivity contribution in [2.45, 2.75) is 11.9 Å². The molecule has 0 fully saturated rings. The zero-order chi connectivity index (χ0) is 21.5. The lowest BCUT2D eigenvalue weighted by Crippen LogP contribution is -2.43. The first-order valence-corrected chi connectivity index (χ1v) is 10.7. The van der Waals surface area contributed by atoms with Gasteiger partial charge in [-0.15, -0.1) is 0 Å². The van der Waals surface area contributed by atoms with Crippen molar-refractivity contribution in [2.75, 3.05) is 22.5 Å². The van der Waals surface area contributed by atoms with Gasteiger partial charge in [0.2, 0.25) is 11.8 Å². The Balaban J connectivity index is 1.51. The molecule has 5 rings (SSSR count). The second kappa shape index (κ2) is 7.45. The summed E-state index contributed by atoms with van der Waals surface area (Å²) in [6.45, 7) is 1.86. The molecule has 1 aliphatic rings. The molecule has 2 aromatic heterocycles. The van der Waals surface area contributed by atoms with Crippen molar-refractivity contribution in [2.24, 2.45) is 0 Å². The van der Waals surface area contributed by atoms with E-state index in [2.05, 4.69) is 16.4 Å². The van der Waals surface area contributed by atoms with Crippen molar-refractivity contribution in [1.29, 1.82) is 5.26 Å². The van der Waals surface area contributed by atoms with Gasteiger partial charge in [-0.05, 0) is 42.8 Å². The largest absolute Gasteiger partial charge is 0.323 e. The zero-order valence-electron chi connectivity index (χ0n) is 16.6. The fraction of sp³-hybridized carbons (Fsp3) is 0.130. The number of anilines is 2. The van der Waals surface area contributed by atoms with Crippen LogP contribution in [0.5, 0.6) is 0 Å². The fourth-order valence-electron chi connectivity index (χ4n) is 3.83. The Hall–Kier alpha value is -3.83. The fourth-order valence-corrected chi connectivity index (χ4v) is 4.83. The summed E-state index contributed by atoms with van der Waals surface area (Å²) < 4.78 is 1.93. The number of para-hydroxylation sites is 4. The predicted molar refractivity (Wildman–Crippen MR) is 120 cm³/mol. The minimum atomic E-state index is -0.214. The van der Waals surface area contributed by atoms with Crippen LogP contribution in [0.2, 0.25) is 0 Å². The van der Waals surface area contributed by atoms with Crippen LogP contribution in [0.3, 0.4) is 0 Å². The molecule has 0 spiro atoms. The van der Waals surface area contributed by atoms with E-state index in [9.17, 15) is 14.9 Å². The molecule has 1 N–H and O–H groups in total. The SMILES string of the molecule is Cc1cc(SCC(=O)N2CC(=O)Nc3ccccc32)n2c(nc3ccccc32)c1C#N. The van der Waals surface area contributed by atoms with Gasteiger partial charge in [-0.25, -0.2) is 4.98 Å². The summed E-state index contributed by atoms with van der Waals surface area (Å²) in [5, 5.41) is 13.2. The van der Waals surface area contributed by atoms with Crippen LogP contribution in [0, 0.1) is 18.3 Å². The van der Waals surface area contributed by atoms with Crippen LogP contribution < -0.4 is 10.2 Å². The molecule has 0 aliphatic carbocycles. The number of hydrogen-bond donors (Lipinski definition) is 1. The van der Waals surface area contributed by atoms with Crippen LogP contribution in [0.25, 0.3) is 16.7 Å². The summed E-state index contributed by atoms with van der Waals surface area (Å²) in [5.74, 6) is -0.227. The van der Waals surface area contributed by atoms with E-state index in [1.807, 2.05) is 59.9 Å². The van der Waals surface area contributed by atoms with E-state index in [1.54, 1.807) is 6.07 Å². The van der Waals surface area contributed by atoms with Crippen molar-refractivity contribution < 1.29 is 9.59 Å². The predicted octanol–water partition coefficient (Wildman–Crippen LogP) is 3.75. The minimum Gasteiger partial charge on any atom is -0.323 e. The number of carbonyl (C=O) groups excluding carboxylic acids is 2. The third-order valence-corrected chi connectivity index (χ3v) is 6.25. The van der Waals surface area contributed by atoms with Gasteiger partial charge in [0.1, 0.15) is 12.6 Å². The molecule has 3 heterocycles. The Morgan fingerprint density at radius 2 is 2.00 bits per heavy atom. The number of aryl methyl sites for hydroxylation is 1. The van der Waals surface area contributed by atoms with Crippen LogP contribution in [-0.2, 0) is 9.59 Å². The van der Waals surface area contributed by atoms with Gasteiger partial charge in [0, 0.05) is 0 Å². The van der Waals surface area contributed by atoms with Crippen molar-refractivity contribution in [1.82, 2.24) is 9.38 Å². The van der Waals surface area contributed by atoms with E-state index in [1.165, 1.54) is 16.7 Å². The number of nitriles is 1. The standard InChI is InChI=1S/C23H17N5O2S/c1-14-10-22(28-19-9-5-3-7-17(19)26-23(28)15(14)11-24)31-13-21(30)27-12-20(29)25-16-6-2-4-8-18(16)27/h2-10H,12-13H2,1H3,(H,25,29). The van der Waals surface area contributed by atoms with Gasteiger partial charge in [-0.3, -0.25) is 14.0 Å². The average molecular weight is 427 g/mol. The highest BCUT2D eigenvalue weighted by Crippen LogP contribution is 2.32. The number of nitrogens with one attached hydrogen (secondary N) is 1. The first-order valence-electron chi connectivity index (χ1n) is 9.70. The first-order chi connectivity index (χ1) is 15.1. The van der Waals surface area contributed by atoms with Crippen molar-refractivity contribution in [3.63, 3.8) is 0 Å². The third-order valence-electron chi connectivity index (χ3n) is 5.27. The van der Waals surface area contributed by atoms with E-state index in [4.69, 9.17) is 0 Å². The van der Waals surface area contributed by atoms with Crippen LogP contribution in [-0.4, -0.2) is 33.5 Å². The molecule has 0 atom stereocenters. The maximum atomic E-state index is 13.1. The second-order valence-electron chi connectivity index (χ2n) is 7.25. The Morgan fingerprint density at radius 3 is 2.84 bits per heavy atom. The summed E-state index contributed by atoms with van der Waals surface area (Å²) in [6, 6.07) is 19.1. The lowest BCUT2D eigenvalue weighted by molar-refractivity contribution is -0.120. The van der Waals surface area contributed by atoms with Gasteiger partial charge < -0.3 is 10.2 Å². The Labute approximate surface area is 182 Å². The number of pyridine rings is 1. The maximum Gasteiger partial charge on any atom is 0.244 e. The summed E-state index contributed by atoms with van der Waals surface area (Å²) in [7, 11) is 0. The molecule has 152 valence electrons. The number of nitrogens with zero attached hydrogens (tertiary/aromatic N) is 4. The monoisotopic (exact) mass is 427 g/mol. The number of thioether (sulfide) groups is 1. The number of hydrogen-bond acceptors (Lipinski definition) is 5. The molecule has 4 aromatic rings. The molecule has 0 saturated carbocycles. The lowest BCUT2D eigenvalue weighted by Gasteiger charge is -2.29. The number of carbonyl (C=O) groups is 2. The normalized spacial score (nSPS) is 13.2. The molecule has 2 amide bonds. The summed E-state index contributed by atoms with van der Waals surface area (Å²) in [6.07, 6.45) is 0. The first kappa shape index (κ1) is 19.2. The van der Waals surface area contributed by atoms with Gasteiger partial charge in [0.15, 0.2) is 5.65 Å². The van der Waals surface area contributed by atoms with Gasteiger partial charge in [0.05, 0.1) is 38.8 Å². The summed E-state index contributed by atoms with van der Waals surface area (Å²) >= 11 is 1.37. The lowest BCUT2D eigenvalue weighted by atomic mass is 10.2. The van der Waals surface area contributed by atoms with E-state index < -0.39 is 0 Å². The highest BCUT2D eigenvalue weighted by Gasteiger charge is 2.27. The topological polar surface area (TPSA) is 90.5 Å². The molecular weight excluding hydrogens is 410 g/mol. The summed E-state index contributed by atoms with van der Waals surface area (Å²) in [5.41, 5.74) is 4.92. The van der Waals surface area contributed by atoms with Crippen molar-refractivity contribution >= 4 is 51.6 Å². The number of aromatic nitrogens is 2.